The van der Waals surface area contributed by atoms with Crippen molar-refractivity contribution < 1.29 is 13.9 Å². The molecule has 0 heterocycles. The second-order valence-corrected chi connectivity index (χ2v) is 5.62. The molecular weight excluding hydrogens is 317 g/mol. The number of benzene rings is 3. The van der Waals surface area contributed by atoms with Gasteiger partial charge in [0.15, 0.2) is 6.10 Å². The summed E-state index contributed by atoms with van der Waals surface area (Å²) in [5.74, 6) is -0.302. The highest BCUT2D eigenvalue weighted by Gasteiger charge is 2.16. The average molecular weight is 335 g/mol. The molecule has 0 saturated heterocycles. The van der Waals surface area contributed by atoms with Crippen LogP contribution in [0.15, 0.2) is 78.9 Å². The Bertz CT molecular complexity index is 847. The largest absolute Gasteiger partial charge is 0.481 e. The molecule has 0 aliphatic carbocycles. The van der Waals surface area contributed by atoms with Gasteiger partial charge < -0.3 is 10.1 Å². The molecule has 1 amide bonds. The molecule has 0 saturated carbocycles. The third-order valence-corrected chi connectivity index (χ3v) is 3.78. The molecule has 25 heavy (non-hydrogen) atoms. The lowest BCUT2D eigenvalue weighted by Gasteiger charge is -2.15. The van der Waals surface area contributed by atoms with Gasteiger partial charge in [-0.3, -0.25) is 4.79 Å². The Kier molecular flexibility index (Phi) is 5.09. The van der Waals surface area contributed by atoms with Crippen LogP contribution in [0, 0.1) is 5.82 Å². The van der Waals surface area contributed by atoms with E-state index in [0.717, 1.165) is 11.1 Å². The summed E-state index contributed by atoms with van der Waals surface area (Å²) in [6.07, 6.45) is -0.748. The van der Waals surface area contributed by atoms with E-state index < -0.39 is 17.8 Å². The van der Waals surface area contributed by atoms with Gasteiger partial charge in [0.2, 0.25) is 0 Å². The molecule has 0 aliphatic heterocycles. The molecule has 1 N–H and O–H groups in total. The van der Waals surface area contributed by atoms with Crippen LogP contribution in [0.4, 0.5) is 10.1 Å². The zero-order chi connectivity index (χ0) is 17.6. The fourth-order valence-electron chi connectivity index (χ4n) is 2.41. The van der Waals surface area contributed by atoms with Crippen LogP contribution in [0.3, 0.4) is 0 Å². The number of amides is 1. The van der Waals surface area contributed by atoms with Crippen LogP contribution in [0.5, 0.6) is 5.75 Å². The predicted molar refractivity (Wildman–Crippen MR) is 97.0 cm³/mol. The van der Waals surface area contributed by atoms with Crippen LogP contribution < -0.4 is 10.1 Å². The summed E-state index contributed by atoms with van der Waals surface area (Å²) in [4.78, 5) is 12.2. The van der Waals surface area contributed by atoms with E-state index in [-0.39, 0.29) is 5.69 Å². The summed E-state index contributed by atoms with van der Waals surface area (Å²) in [5.41, 5.74) is 2.32. The highest BCUT2D eigenvalue weighted by molar-refractivity contribution is 5.94. The standard InChI is InChI=1S/C21H18FNO2/c1-15(21(24)23-20-10-6-5-9-19(20)22)25-18-13-11-17(12-14-18)16-7-3-2-4-8-16/h2-15H,1H3,(H,23,24). The molecule has 0 spiro atoms. The first-order valence-corrected chi connectivity index (χ1v) is 8.01. The Morgan fingerprint density at radius 3 is 2.16 bits per heavy atom. The van der Waals surface area contributed by atoms with Crippen LogP contribution in [0.2, 0.25) is 0 Å². The lowest BCUT2D eigenvalue weighted by Crippen LogP contribution is -2.30. The first-order chi connectivity index (χ1) is 12.1. The molecule has 0 aliphatic rings. The Morgan fingerprint density at radius 1 is 0.880 bits per heavy atom. The van der Waals surface area contributed by atoms with E-state index in [1.54, 1.807) is 19.1 Å². The predicted octanol–water partition coefficient (Wildman–Crippen LogP) is 4.90. The number of rotatable bonds is 5. The molecule has 126 valence electrons. The molecule has 0 fully saturated rings. The number of hydrogen-bond donors (Lipinski definition) is 1. The van der Waals surface area contributed by atoms with Crippen molar-refractivity contribution in [2.75, 3.05) is 5.32 Å². The smallest absolute Gasteiger partial charge is 0.265 e. The van der Waals surface area contributed by atoms with E-state index in [4.69, 9.17) is 4.74 Å². The monoisotopic (exact) mass is 335 g/mol. The molecule has 3 rings (SSSR count). The fraction of sp³-hybridized carbons (Fsp3) is 0.0952. The van der Waals surface area contributed by atoms with Crippen molar-refractivity contribution in [3.63, 3.8) is 0 Å². The minimum atomic E-state index is -0.748. The van der Waals surface area contributed by atoms with Crippen molar-refractivity contribution in [1.29, 1.82) is 0 Å². The highest BCUT2D eigenvalue weighted by Crippen LogP contribution is 2.23. The normalized spacial score (nSPS) is 11.6. The third-order valence-electron chi connectivity index (χ3n) is 3.78. The molecule has 1 atom stereocenters. The number of ether oxygens (including phenoxy) is 1. The summed E-state index contributed by atoms with van der Waals surface area (Å²) in [7, 11) is 0. The van der Waals surface area contributed by atoms with Crippen LogP contribution in [0.25, 0.3) is 11.1 Å². The minimum Gasteiger partial charge on any atom is -0.481 e. The lowest BCUT2D eigenvalue weighted by molar-refractivity contribution is -0.122. The van der Waals surface area contributed by atoms with Crippen molar-refractivity contribution in [2.24, 2.45) is 0 Å². The quantitative estimate of drug-likeness (QED) is 0.720. The molecule has 0 aromatic heterocycles. The number of nitrogens with one attached hydrogen (secondary N) is 1. The van der Waals surface area contributed by atoms with Crippen LogP contribution in [0.1, 0.15) is 6.92 Å². The highest BCUT2D eigenvalue weighted by atomic mass is 19.1. The van der Waals surface area contributed by atoms with Gasteiger partial charge in [0, 0.05) is 0 Å². The Hall–Kier alpha value is -3.14. The number of carbonyl (C=O) groups is 1. The van der Waals surface area contributed by atoms with Crippen LogP contribution in [-0.4, -0.2) is 12.0 Å². The van der Waals surface area contributed by atoms with E-state index in [0.29, 0.717) is 5.75 Å². The molecule has 1 unspecified atom stereocenters. The van der Waals surface area contributed by atoms with E-state index >= 15 is 0 Å². The number of anilines is 1. The van der Waals surface area contributed by atoms with Gasteiger partial charge in [0.25, 0.3) is 5.91 Å². The summed E-state index contributed by atoms with van der Waals surface area (Å²) < 4.78 is 19.2. The number of hydrogen-bond acceptors (Lipinski definition) is 2. The summed E-state index contributed by atoms with van der Waals surface area (Å²) in [6.45, 7) is 1.63. The zero-order valence-electron chi connectivity index (χ0n) is 13.8. The van der Waals surface area contributed by atoms with E-state index in [9.17, 15) is 9.18 Å². The summed E-state index contributed by atoms with van der Waals surface area (Å²) in [6, 6.07) is 23.5. The van der Waals surface area contributed by atoms with Gasteiger partial charge in [0.05, 0.1) is 5.69 Å². The molecule has 4 heteroatoms. The van der Waals surface area contributed by atoms with Gasteiger partial charge in [-0.2, -0.15) is 0 Å². The van der Waals surface area contributed by atoms with Crippen LogP contribution in [-0.2, 0) is 4.79 Å². The maximum absolute atomic E-state index is 13.6. The molecule has 0 radical (unpaired) electrons. The SMILES string of the molecule is CC(Oc1ccc(-c2ccccc2)cc1)C(=O)Nc1ccccc1F. The van der Waals surface area contributed by atoms with Gasteiger partial charge >= 0.3 is 0 Å². The molecule has 3 aromatic carbocycles. The second kappa shape index (κ2) is 7.62. The Morgan fingerprint density at radius 2 is 1.48 bits per heavy atom. The maximum Gasteiger partial charge on any atom is 0.265 e. The van der Waals surface area contributed by atoms with Gasteiger partial charge in [-0.1, -0.05) is 54.6 Å². The second-order valence-electron chi connectivity index (χ2n) is 5.62. The van der Waals surface area contributed by atoms with E-state index in [1.807, 2.05) is 54.6 Å². The van der Waals surface area contributed by atoms with Gasteiger partial charge in [-0.25, -0.2) is 4.39 Å². The van der Waals surface area contributed by atoms with Crippen molar-refractivity contribution in [2.45, 2.75) is 13.0 Å². The lowest BCUT2D eigenvalue weighted by atomic mass is 10.1. The first kappa shape index (κ1) is 16.7. The van der Waals surface area contributed by atoms with Gasteiger partial charge in [-0.15, -0.1) is 0 Å². The van der Waals surface area contributed by atoms with Crippen molar-refractivity contribution >= 4 is 11.6 Å². The Labute approximate surface area is 146 Å². The van der Waals surface area contributed by atoms with Crippen molar-refractivity contribution in [1.82, 2.24) is 0 Å². The number of halogens is 1. The molecular formula is C21H18FNO2. The minimum absolute atomic E-state index is 0.141. The van der Waals surface area contributed by atoms with Gasteiger partial charge in [-0.05, 0) is 42.3 Å². The molecule has 0 bridgehead atoms. The van der Waals surface area contributed by atoms with Gasteiger partial charge in [0.1, 0.15) is 11.6 Å². The van der Waals surface area contributed by atoms with E-state index in [1.165, 1.54) is 12.1 Å². The first-order valence-electron chi connectivity index (χ1n) is 8.01. The van der Waals surface area contributed by atoms with E-state index in [2.05, 4.69) is 5.32 Å². The zero-order valence-corrected chi connectivity index (χ0v) is 13.8. The summed E-state index contributed by atoms with van der Waals surface area (Å²) >= 11 is 0. The molecule has 3 aromatic rings. The van der Waals surface area contributed by atoms with Crippen LogP contribution >= 0.6 is 0 Å². The van der Waals surface area contributed by atoms with Crippen molar-refractivity contribution in [3.05, 3.63) is 84.7 Å². The number of para-hydroxylation sites is 1. The van der Waals surface area contributed by atoms with Crippen molar-refractivity contribution in [3.8, 4) is 16.9 Å². The Balaban J connectivity index is 1.63. The molecule has 3 nitrogen and oxygen atoms in total. The third kappa shape index (κ3) is 4.23. The fourth-order valence-corrected chi connectivity index (χ4v) is 2.41. The topological polar surface area (TPSA) is 38.3 Å². The maximum atomic E-state index is 13.6. The number of carbonyl (C=O) groups excluding carboxylic acids is 1. The average Bonchev–Trinajstić information content (AvgIpc) is 2.65. The summed E-state index contributed by atoms with van der Waals surface area (Å²) in [5, 5.41) is 2.53.